The lowest BCUT2D eigenvalue weighted by atomic mass is 9.95. The summed E-state index contributed by atoms with van der Waals surface area (Å²) in [6.07, 6.45) is 15.9. The smallest absolute Gasteiger partial charge is 0.122 e. The number of phenolic OH excluding ortho intramolecular Hbond substituents is 2. The standard InChI is InChI=1S/C23H36O2/c1-22(12-13-22)10-6-3-4-8-18-16-20(24)17-19(21(18)25)9-5-7-11-23(2)14-15-23/h16-17,24-25H,3-15H2,1-2H3. The normalized spacial score (nSPS) is 19.8. The van der Waals surface area contributed by atoms with Crippen LogP contribution in [0, 0.1) is 10.8 Å². The van der Waals surface area contributed by atoms with Crippen molar-refractivity contribution >= 4 is 0 Å². The van der Waals surface area contributed by atoms with Crippen molar-refractivity contribution in [1.82, 2.24) is 0 Å². The molecule has 2 aliphatic carbocycles. The quantitative estimate of drug-likeness (QED) is 0.354. The lowest BCUT2D eigenvalue weighted by Crippen LogP contribution is -1.96. The minimum atomic E-state index is 0.308. The number of benzene rings is 1. The van der Waals surface area contributed by atoms with Gasteiger partial charge in [0.25, 0.3) is 0 Å². The first-order valence-corrected chi connectivity index (χ1v) is 10.4. The molecule has 3 rings (SSSR count). The fourth-order valence-corrected chi connectivity index (χ4v) is 3.96. The van der Waals surface area contributed by atoms with Crippen molar-refractivity contribution in [2.24, 2.45) is 10.8 Å². The monoisotopic (exact) mass is 344 g/mol. The molecule has 0 heterocycles. The van der Waals surface area contributed by atoms with Crippen molar-refractivity contribution in [2.75, 3.05) is 0 Å². The van der Waals surface area contributed by atoms with Crippen LogP contribution in [0.15, 0.2) is 12.1 Å². The van der Waals surface area contributed by atoms with E-state index in [4.69, 9.17) is 0 Å². The van der Waals surface area contributed by atoms with Crippen LogP contribution in [-0.2, 0) is 12.8 Å². The summed E-state index contributed by atoms with van der Waals surface area (Å²) in [5.41, 5.74) is 3.13. The van der Waals surface area contributed by atoms with Crippen LogP contribution in [0.3, 0.4) is 0 Å². The Bertz CT molecular complexity index is 582. The second-order valence-corrected chi connectivity index (χ2v) is 9.50. The maximum absolute atomic E-state index is 10.6. The van der Waals surface area contributed by atoms with Gasteiger partial charge in [0.15, 0.2) is 0 Å². The molecule has 0 spiro atoms. The van der Waals surface area contributed by atoms with Crippen molar-refractivity contribution in [1.29, 1.82) is 0 Å². The molecule has 0 bridgehead atoms. The van der Waals surface area contributed by atoms with Gasteiger partial charge in [-0.3, -0.25) is 0 Å². The van der Waals surface area contributed by atoms with Crippen molar-refractivity contribution in [3.05, 3.63) is 23.3 Å². The van der Waals surface area contributed by atoms with E-state index in [1.807, 2.05) is 0 Å². The molecule has 140 valence electrons. The van der Waals surface area contributed by atoms with Gasteiger partial charge in [-0.05, 0) is 98.3 Å². The van der Waals surface area contributed by atoms with Gasteiger partial charge in [0.1, 0.15) is 11.5 Å². The number of hydrogen-bond acceptors (Lipinski definition) is 2. The van der Waals surface area contributed by atoms with Gasteiger partial charge < -0.3 is 10.2 Å². The van der Waals surface area contributed by atoms with Crippen LogP contribution in [-0.4, -0.2) is 10.2 Å². The SMILES string of the molecule is CC1(CCCCCc2cc(O)cc(CCCCC3(C)CC3)c2O)CC1. The second kappa shape index (κ2) is 7.60. The molecule has 0 amide bonds. The minimum Gasteiger partial charge on any atom is -0.508 e. The van der Waals surface area contributed by atoms with Gasteiger partial charge in [-0.25, -0.2) is 0 Å². The highest BCUT2D eigenvalue weighted by Crippen LogP contribution is 2.49. The Labute approximate surface area is 153 Å². The molecule has 0 atom stereocenters. The molecule has 2 nitrogen and oxygen atoms in total. The summed E-state index contributed by atoms with van der Waals surface area (Å²) in [5.74, 6) is 0.743. The highest BCUT2D eigenvalue weighted by atomic mass is 16.3. The van der Waals surface area contributed by atoms with Crippen molar-refractivity contribution < 1.29 is 10.2 Å². The molecular formula is C23H36O2. The van der Waals surface area contributed by atoms with Crippen LogP contribution >= 0.6 is 0 Å². The van der Waals surface area contributed by atoms with Crippen molar-refractivity contribution in [2.45, 2.75) is 97.3 Å². The number of unbranched alkanes of at least 4 members (excludes halogenated alkanes) is 3. The average Bonchev–Trinajstić information content (AvgIpc) is 3.48. The summed E-state index contributed by atoms with van der Waals surface area (Å²) in [5, 5.41) is 20.6. The summed E-state index contributed by atoms with van der Waals surface area (Å²) in [6, 6.07) is 3.51. The van der Waals surface area contributed by atoms with Crippen molar-refractivity contribution in [3.63, 3.8) is 0 Å². The summed E-state index contributed by atoms with van der Waals surface area (Å²) in [6.45, 7) is 4.77. The minimum absolute atomic E-state index is 0.308. The summed E-state index contributed by atoms with van der Waals surface area (Å²) >= 11 is 0. The zero-order chi connectivity index (χ0) is 17.9. The first-order valence-electron chi connectivity index (χ1n) is 10.4. The molecule has 1 aromatic carbocycles. The topological polar surface area (TPSA) is 40.5 Å². The number of aromatic hydroxyl groups is 2. The Morgan fingerprint density at radius 3 is 1.64 bits per heavy atom. The predicted molar refractivity (Wildman–Crippen MR) is 104 cm³/mol. The van der Waals surface area contributed by atoms with Crippen LogP contribution in [0.4, 0.5) is 0 Å². The summed E-state index contributed by atoms with van der Waals surface area (Å²) in [4.78, 5) is 0. The van der Waals surface area contributed by atoms with E-state index in [0.29, 0.717) is 22.3 Å². The van der Waals surface area contributed by atoms with Crippen LogP contribution in [0.5, 0.6) is 11.5 Å². The molecule has 1 aromatic rings. The fourth-order valence-electron chi connectivity index (χ4n) is 3.96. The lowest BCUT2D eigenvalue weighted by Gasteiger charge is -2.12. The van der Waals surface area contributed by atoms with E-state index in [0.717, 1.165) is 36.8 Å². The molecule has 2 N–H and O–H groups in total. The molecule has 0 saturated heterocycles. The number of rotatable bonds is 11. The van der Waals surface area contributed by atoms with Gasteiger partial charge in [0.2, 0.25) is 0 Å². The van der Waals surface area contributed by atoms with Gasteiger partial charge in [-0.2, -0.15) is 0 Å². The zero-order valence-corrected chi connectivity index (χ0v) is 16.2. The van der Waals surface area contributed by atoms with Crippen LogP contribution in [0.2, 0.25) is 0 Å². The third-order valence-corrected chi connectivity index (χ3v) is 6.66. The second-order valence-electron chi connectivity index (χ2n) is 9.50. The number of phenols is 2. The summed E-state index contributed by atoms with van der Waals surface area (Å²) in [7, 11) is 0. The maximum Gasteiger partial charge on any atom is 0.122 e. The van der Waals surface area contributed by atoms with E-state index in [1.165, 1.54) is 57.8 Å². The highest BCUT2D eigenvalue weighted by molar-refractivity contribution is 5.46. The zero-order valence-electron chi connectivity index (χ0n) is 16.2. The van der Waals surface area contributed by atoms with Crippen LogP contribution < -0.4 is 0 Å². The van der Waals surface area contributed by atoms with Gasteiger partial charge in [-0.1, -0.05) is 33.1 Å². The highest BCUT2D eigenvalue weighted by Gasteiger charge is 2.36. The Balaban J connectivity index is 1.43. The largest absolute Gasteiger partial charge is 0.508 e. The molecule has 0 unspecified atom stereocenters. The molecule has 25 heavy (non-hydrogen) atoms. The average molecular weight is 345 g/mol. The number of aryl methyl sites for hydroxylation is 2. The van der Waals surface area contributed by atoms with Gasteiger partial charge in [0, 0.05) is 0 Å². The summed E-state index contributed by atoms with van der Waals surface area (Å²) < 4.78 is 0. The fraction of sp³-hybridized carbons (Fsp3) is 0.739. The third kappa shape index (κ3) is 5.66. The van der Waals surface area contributed by atoms with E-state index >= 15 is 0 Å². The van der Waals surface area contributed by atoms with Crippen LogP contribution in [0.1, 0.15) is 95.6 Å². The van der Waals surface area contributed by atoms with E-state index in [9.17, 15) is 10.2 Å². The van der Waals surface area contributed by atoms with Crippen molar-refractivity contribution in [3.8, 4) is 11.5 Å². The van der Waals surface area contributed by atoms with Crippen LogP contribution in [0.25, 0.3) is 0 Å². The maximum atomic E-state index is 10.6. The lowest BCUT2D eigenvalue weighted by molar-refractivity contribution is 0.439. The van der Waals surface area contributed by atoms with E-state index < -0.39 is 0 Å². The Morgan fingerprint density at radius 2 is 1.16 bits per heavy atom. The molecule has 2 saturated carbocycles. The molecular weight excluding hydrogens is 308 g/mol. The molecule has 0 radical (unpaired) electrons. The molecule has 2 heteroatoms. The number of hydrogen-bond donors (Lipinski definition) is 2. The van der Waals surface area contributed by atoms with E-state index in [1.54, 1.807) is 12.1 Å². The van der Waals surface area contributed by atoms with E-state index in [-0.39, 0.29) is 0 Å². The third-order valence-electron chi connectivity index (χ3n) is 6.66. The Morgan fingerprint density at radius 1 is 0.720 bits per heavy atom. The first-order chi connectivity index (χ1) is 11.9. The van der Waals surface area contributed by atoms with Gasteiger partial charge in [0.05, 0.1) is 0 Å². The predicted octanol–water partition coefficient (Wildman–Crippen LogP) is 6.51. The Kier molecular flexibility index (Phi) is 5.65. The van der Waals surface area contributed by atoms with Gasteiger partial charge in [-0.15, -0.1) is 0 Å². The molecule has 0 aromatic heterocycles. The first kappa shape index (κ1) is 18.6. The molecule has 0 aliphatic heterocycles. The molecule has 2 fully saturated rings. The van der Waals surface area contributed by atoms with E-state index in [2.05, 4.69) is 13.8 Å². The van der Waals surface area contributed by atoms with Gasteiger partial charge >= 0.3 is 0 Å². The molecule has 2 aliphatic rings. The Hall–Kier alpha value is -1.18.